The van der Waals surface area contributed by atoms with E-state index >= 15 is 0 Å². The zero-order valence-electron chi connectivity index (χ0n) is 19.1. The van der Waals surface area contributed by atoms with Crippen molar-refractivity contribution in [1.29, 1.82) is 0 Å². The summed E-state index contributed by atoms with van der Waals surface area (Å²) in [6.45, 7) is 4.77. The molecule has 0 spiro atoms. The third-order valence-electron chi connectivity index (χ3n) is 6.69. The number of nitrogens with one attached hydrogen (secondary N) is 1. The van der Waals surface area contributed by atoms with E-state index in [4.69, 9.17) is 4.74 Å². The molecule has 1 N–H and O–H groups in total. The van der Waals surface area contributed by atoms with Crippen molar-refractivity contribution in [2.75, 3.05) is 6.61 Å². The number of amides is 1. The zero-order valence-corrected chi connectivity index (χ0v) is 19.9. The Kier molecular flexibility index (Phi) is 5.74. The zero-order chi connectivity index (χ0) is 23.2. The number of ether oxygens (including phenoxy) is 1. The Morgan fingerprint density at radius 3 is 2.76 bits per heavy atom. The molecule has 33 heavy (non-hydrogen) atoms. The van der Waals surface area contributed by atoms with Crippen molar-refractivity contribution in [1.82, 2.24) is 14.5 Å². The van der Waals surface area contributed by atoms with E-state index in [0.717, 1.165) is 30.4 Å². The highest BCUT2D eigenvalue weighted by molar-refractivity contribution is 7.19. The van der Waals surface area contributed by atoms with Gasteiger partial charge in [-0.1, -0.05) is 30.3 Å². The van der Waals surface area contributed by atoms with E-state index in [1.54, 1.807) is 0 Å². The molecule has 0 saturated carbocycles. The molecule has 7 nitrogen and oxygen atoms in total. The van der Waals surface area contributed by atoms with Crippen molar-refractivity contribution in [2.24, 2.45) is 0 Å². The van der Waals surface area contributed by atoms with Crippen LogP contribution >= 0.6 is 11.3 Å². The minimum atomic E-state index is -0.405. The first-order valence-corrected chi connectivity index (χ1v) is 12.4. The Bertz CT molecular complexity index is 1320. The van der Waals surface area contributed by atoms with Crippen LogP contribution < -0.4 is 16.6 Å². The molecule has 2 aromatic heterocycles. The van der Waals surface area contributed by atoms with Crippen LogP contribution in [0.5, 0.6) is 0 Å². The Morgan fingerprint density at radius 2 is 2.00 bits per heavy atom. The Balaban J connectivity index is 1.55. The normalized spacial score (nSPS) is 19.5. The number of fused-ring (bicyclic) bond motifs is 3. The fourth-order valence-corrected chi connectivity index (χ4v) is 6.47. The van der Waals surface area contributed by atoms with Crippen LogP contribution in [0.25, 0.3) is 10.2 Å². The van der Waals surface area contributed by atoms with Gasteiger partial charge in [-0.05, 0) is 57.1 Å². The monoisotopic (exact) mass is 467 g/mol. The van der Waals surface area contributed by atoms with Gasteiger partial charge in [0.05, 0.1) is 11.0 Å². The van der Waals surface area contributed by atoms with Crippen LogP contribution in [0.2, 0.25) is 0 Å². The summed E-state index contributed by atoms with van der Waals surface area (Å²) in [4.78, 5) is 42.0. The molecule has 1 saturated heterocycles. The van der Waals surface area contributed by atoms with Gasteiger partial charge in [0.1, 0.15) is 11.4 Å². The first-order valence-electron chi connectivity index (χ1n) is 11.6. The molecule has 1 aliphatic carbocycles. The summed E-state index contributed by atoms with van der Waals surface area (Å²) in [6, 6.07) is 9.43. The van der Waals surface area contributed by atoms with Gasteiger partial charge in [0.2, 0.25) is 5.91 Å². The molecule has 1 aromatic carbocycles. The van der Waals surface area contributed by atoms with Gasteiger partial charge in [0.15, 0.2) is 0 Å². The maximum atomic E-state index is 13.7. The molecule has 3 aromatic rings. The van der Waals surface area contributed by atoms with Crippen molar-refractivity contribution < 1.29 is 9.53 Å². The van der Waals surface area contributed by atoms with Crippen molar-refractivity contribution in [3.05, 3.63) is 67.2 Å². The van der Waals surface area contributed by atoms with Gasteiger partial charge in [0.25, 0.3) is 5.56 Å². The molecule has 174 valence electrons. The lowest BCUT2D eigenvalue weighted by Gasteiger charge is -2.36. The SMILES string of the molecule is CC1(C)C[C@@H](n2c(=O)c3c4c(sc3n(CC(=O)NCc3ccccc3)c2=O)CCC4)CCO1. The number of aromatic nitrogens is 2. The fourth-order valence-electron chi connectivity index (χ4n) is 5.10. The second-order valence-corrected chi connectivity index (χ2v) is 10.7. The molecule has 2 aliphatic rings. The predicted octanol–water partition coefficient (Wildman–Crippen LogP) is 3.16. The molecule has 8 heteroatoms. The van der Waals surface area contributed by atoms with Gasteiger partial charge < -0.3 is 10.1 Å². The molecule has 0 radical (unpaired) electrons. The summed E-state index contributed by atoms with van der Waals surface area (Å²) >= 11 is 1.50. The maximum absolute atomic E-state index is 13.7. The van der Waals surface area contributed by atoms with Crippen LogP contribution in [0.4, 0.5) is 0 Å². The van der Waals surface area contributed by atoms with Crippen molar-refractivity contribution in [3.8, 4) is 0 Å². The molecule has 1 amide bonds. The van der Waals surface area contributed by atoms with Gasteiger partial charge in [-0.15, -0.1) is 11.3 Å². The third-order valence-corrected chi connectivity index (χ3v) is 8.00. The predicted molar refractivity (Wildman–Crippen MR) is 129 cm³/mol. The first-order chi connectivity index (χ1) is 15.8. The van der Waals surface area contributed by atoms with E-state index in [-0.39, 0.29) is 24.1 Å². The maximum Gasteiger partial charge on any atom is 0.332 e. The number of carbonyl (C=O) groups excluding carboxylic acids is 1. The Morgan fingerprint density at radius 1 is 1.21 bits per heavy atom. The summed E-state index contributed by atoms with van der Waals surface area (Å²) in [5, 5.41) is 3.55. The molecule has 0 unspecified atom stereocenters. The second-order valence-electron chi connectivity index (χ2n) is 9.60. The van der Waals surface area contributed by atoms with Gasteiger partial charge in [-0.3, -0.25) is 18.7 Å². The molecular formula is C25H29N3O4S. The molecule has 3 heterocycles. The van der Waals surface area contributed by atoms with Gasteiger partial charge in [-0.25, -0.2) is 4.79 Å². The lowest BCUT2D eigenvalue weighted by Crippen LogP contribution is -2.47. The quantitative estimate of drug-likeness (QED) is 0.625. The van der Waals surface area contributed by atoms with Gasteiger partial charge >= 0.3 is 5.69 Å². The number of thiophene rings is 1. The van der Waals surface area contributed by atoms with Crippen LogP contribution in [-0.2, 0) is 35.5 Å². The number of carbonyl (C=O) groups is 1. The van der Waals surface area contributed by atoms with E-state index in [0.29, 0.717) is 36.2 Å². The highest BCUT2D eigenvalue weighted by Crippen LogP contribution is 2.36. The summed E-state index contributed by atoms with van der Waals surface area (Å²) in [7, 11) is 0. The van der Waals surface area contributed by atoms with Gasteiger partial charge in [-0.2, -0.15) is 0 Å². The standard InChI is InChI=1S/C25H29N3O4S/c1-25(2)13-17(11-12-32-25)28-22(30)21-18-9-6-10-19(18)33-23(21)27(24(28)31)15-20(29)26-14-16-7-4-3-5-8-16/h3-5,7-8,17H,6,9-15H2,1-2H3,(H,26,29)/t17-/m0/s1. The number of rotatable bonds is 5. The van der Waals surface area contributed by atoms with Crippen molar-refractivity contribution >= 4 is 27.5 Å². The van der Waals surface area contributed by atoms with Crippen LogP contribution in [0, 0.1) is 0 Å². The van der Waals surface area contributed by atoms with E-state index < -0.39 is 11.3 Å². The fraction of sp³-hybridized carbons (Fsp3) is 0.480. The minimum Gasteiger partial charge on any atom is -0.375 e. The average Bonchev–Trinajstić information content (AvgIpc) is 3.37. The lowest BCUT2D eigenvalue weighted by molar-refractivity contribution is -0.121. The van der Waals surface area contributed by atoms with Crippen molar-refractivity contribution in [3.63, 3.8) is 0 Å². The van der Waals surface area contributed by atoms with Gasteiger partial charge in [0, 0.05) is 24.1 Å². The molecule has 1 fully saturated rings. The number of aryl methyl sites for hydroxylation is 2. The highest BCUT2D eigenvalue weighted by atomic mass is 32.1. The third kappa shape index (κ3) is 4.17. The Hall–Kier alpha value is -2.71. The number of hydrogen-bond acceptors (Lipinski definition) is 5. The minimum absolute atomic E-state index is 0.103. The smallest absolute Gasteiger partial charge is 0.332 e. The van der Waals surface area contributed by atoms with Crippen LogP contribution in [-0.4, -0.2) is 27.2 Å². The lowest BCUT2D eigenvalue weighted by atomic mass is 9.93. The number of nitrogens with zero attached hydrogens (tertiary/aromatic N) is 2. The molecule has 0 bridgehead atoms. The summed E-state index contributed by atoms with van der Waals surface area (Å²) in [5.74, 6) is -0.242. The van der Waals surface area contributed by atoms with E-state index in [1.165, 1.54) is 25.3 Å². The highest BCUT2D eigenvalue weighted by Gasteiger charge is 2.34. The first kappa shape index (κ1) is 22.1. The van der Waals surface area contributed by atoms with E-state index in [9.17, 15) is 14.4 Å². The van der Waals surface area contributed by atoms with Crippen LogP contribution in [0.15, 0.2) is 39.9 Å². The molecule has 5 rings (SSSR count). The van der Waals surface area contributed by atoms with E-state index in [2.05, 4.69) is 5.32 Å². The van der Waals surface area contributed by atoms with E-state index in [1.807, 2.05) is 44.2 Å². The van der Waals surface area contributed by atoms with Crippen LogP contribution in [0.3, 0.4) is 0 Å². The summed E-state index contributed by atoms with van der Waals surface area (Å²) in [6.07, 6.45) is 3.99. The largest absolute Gasteiger partial charge is 0.375 e. The van der Waals surface area contributed by atoms with Crippen molar-refractivity contribution in [2.45, 2.75) is 70.7 Å². The number of hydrogen-bond donors (Lipinski definition) is 1. The average molecular weight is 468 g/mol. The number of benzene rings is 1. The summed E-state index contributed by atoms with van der Waals surface area (Å²) < 4.78 is 8.75. The summed E-state index contributed by atoms with van der Waals surface area (Å²) in [5.41, 5.74) is 1.05. The molecule has 1 atom stereocenters. The Labute approximate surface area is 196 Å². The molecule has 1 aliphatic heterocycles. The molecular weight excluding hydrogens is 438 g/mol. The second kappa shape index (κ2) is 8.57. The topological polar surface area (TPSA) is 82.3 Å². The van der Waals surface area contributed by atoms with Crippen LogP contribution in [0.1, 0.15) is 55.2 Å².